The molecule has 2 aliphatic heterocycles. The highest BCUT2D eigenvalue weighted by Gasteiger charge is 2.45. The molecule has 2 saturated heterocycles. The summed E-state index contributed by atoms with van der Waals surface area (Å²) in [6.45, 7) is 7.70. The molecule has 2 aliphatic rings. The van der Waals surface area contributed by atoms with Crippen molar-refractivity contribution in [3.05, 3.63) is 35.9 Å². The van der Waals surface area contributed by atoms with Gasteiger partial charge < -0.3 is 9.64 Å². The van der Waals surface area contributed by atoms with Gasteiger partial charge in [-0.3, -0.25) is 9.69 Å². The summed E-state index contributed by atoms with van der Waals surface area (Å²) < 4.78 is 4.92. The molecule has 3 rings (SSSR count). The summed E-state index contributed by atoms with van der Waals surface area (Å²) in [6.07, 6.45) is 3.93. The van der Waals surface area contributed by atoms with E-state index in [9.17, 15) is 9.59 Å². The number of fused-ring (bicyclic) bond motifs is 1. The van der Waals surface area contributed by atoms with Crippen LogP contribution in [0.2, 0.25) is 0 Å². The number of rotatable bonds is 6. The van der Waals surface area contributed by atoms with Crippen LogP contribution in [-0.2, 0) is 20.7 Å². The number of benzene rings is 1. The van der Waals surface area contributed by atoms with Crippen molar-refractivity contribution in [1.29, 1.82) is 0 Å². The molecule has 1 amide bonds. The van der Waals surface area contributed by atoms with Crippen LogP contribution in [0, 0.1) is 11.8 Å². The van der Waals surface area contributed by atoms with E-state index in [4.69, 9.17) is 4.74 Å². The first kappa shape index (κ1) is 20.8. The van der Waals surface area contributed by atoms with Crippen LogP contribution >= 0.6 is 0 Å². The summed E-state index contributed by atoms with van der Waals surface area (Å²) in [4.78, 5) is 29.8. The average Bonchev–Trinajstić information content (AvgIpc) is 3.02. The van der Waals surface area contributed by atoms with E-state index in [-0.39, 0.29) is 17.9 Å². The standard InChI is InChI=1S/C23H34N2O3/c1-16(2)14-21-22(26)24(17(3)23(27)28-4)13-11-20-19(10-12-25(20)21)15-18-8-6-5-7-9-18/h5-9,16-17,19-21H,10-15H2,1-4H3/t17-,19-,20-,21-/m0/s1. The Morgan fingerprint density at radius 3 is 2.50 bits per heavy atom. The number of amides is 1. The van der Waals surface area contributed by atoms with E-state index >= 15 is 0 Å². The summed E-state index contributed by atoms with van der Waals surface area (Å²) >= 11 is 0. The minimum Gasteiger partial charge on any atom is -0.467 e. The highest BCUT2D eigenvalue weighted by molar-refractivity contribution is 5.87. The Labute approximate surface area is 169 Å². The normalized spacial score (nSPS) is 26.8. The third-order valence-corrected chi connectivity index (χ3v) is 6.41. The average molecular weight is 387 g/mol. The van der Waals surface area contributed by atoms with E-state index in [1.165, 1.54) is 12.7 Å². The predicted molar refractivity (Wildman–Crippen MR) is 110 cm³/mol. The molecule has 0 N–H and O–H groups in total. The first-order valence-corrected chi connectivity index (χ1v) is 10.6. The van der Waals surface area contributed by atoms with Gasteiger partial charge in [0.2, 0.25) is 5.91 Å². The molecule has 0 aliphatic carbocycles. The highest BCUT2D eigenvalue weighted by Crippen LogP contribution is 2.36. The van der Waals surface area contributed by atoms with Gasteiger partial charge in [0.15, 0.2) is 0 Å². The molecule has 5 nitrogen and oxygen atoms in total. The number of hydrogen-bond donors (Lipinski definition) is 0. The molecule has 0 radical (unpaired) electrons. The molecule has 1 aromatic rings. The number of methoxy groups -OCH3 is 1. The monoisotopic (exact) mass is 386 g/mol. The summed E-state index contributed by atoms with van der Waals surface area (Å²) in [7, 11) is 1.39. The van der Waals surface area contributed by atoms with E-state index < -0.39 is 6.04 Å². The zero-order chi connectivity index (χ0) is 20.3. The lowest BCUT2D eigenvalue weighted by atomic mass is 9.90. The van der Waals surface area contributed by atoms with Gasteiger partial charge in [-0.2, -0.15) is 0 Å². The third-order valence-electron chi connectivity index (χ3n) is 6.41. The number of hydrogen-bond acceptors (Lipinski definition) is 4. The van der Waals surface area contributed by atoms with Gasteiger partial charge in [0.1, 0.15) is 6.04 Å². The van der Waals surface area contributed by atoms with Gasteiger partial charge in [-0.05, 0) is 56.6 Å². The number of carbonyl (C=O) groups is 2. The Hall–Kier alpha value is -1.88. The van der Waals surface area contributed by atoms with Gasteiger partial charge in [-0.15, -0.1) is 0 Å². The molecule has 28 heavy (non-hydrogen) atoms. The van der Waals surface area contributed by atoms with E-state index in [2.05, 4.69) is 49.1 Å². The number of ether oxygens (including phenoxy) is 1. The lowest BCUT2D eigenvalue weighted by molar-refractivity contribution is -0.153. The van der Waals surface area contributed by atoms with Gasteiger partial charge >= 0.3 is 5.97 Å². The van der Waals surface area contributed by atoms with Crippen LogP contribution in [0.15, 0.2) is 30.3 Å². The Bertz CT molecular complexity index is 676. The molecule has 0 spiro atoms. The quantitative estimate of drug-likeness (QED) is 0.705. The lowest BCUT2D eigenvalue weighted by Gasteiger charge is -2.34. The minimum atomic E-state index is -0.528. The maximum absolute atomic E-state index is 13.4. The van der Waals surface area contributed by atoms with Crippen LogP contribution in [0.3, 0.4) is 0 Å². The third kappa shape index (κ3) is 4.40. The van der Waals surface area contributed by atoms with E-state index in [0.717, 1.165) is 32.2 Å². The zero-order valence-electron chi connectivity index (χ0n) is 17.6. The van der Waals surface area contributed by atoms with Crippen LogP contribution in [0.5, 0.6) is 0 Å². The highest BCUT2D eigenvalue weighted by atomic mass is 16.5. The minimum absolute atomic E-state index is 0.0921. The SMILES string of the molecule is COC(=O)[C@H](C)N1CC[C@H]2[C@H](Cc3ccccc3)CCN2[C@@H](CC(C)C)C1=O. The van der Waals surface area contributed by atoms with Crippen molar-refractivity contribution in [1.82, 2.24) is 9.80 Å². The summed E-state index contributed by atoms with van der Waals surface area (Å²) in [6, 6.07) is 10.4. The smallest absolute Gasteiger partial charge is 0.328 e. The maximum Gasteiger partial charge on any atom is 0.328 e. The Kier molecular flexibility index (Phi) is 6.76. The molecule has 0 aromatic heterocycles. The van der Waals surface area contributed by atoms with Crippen molar-refractivity contribution in [2.45, 2.75) is 64.6 Å². The number of esters is 1. The fourth-order valence-electron chi connectivity index (χ4n) is 4.97. The second-order valence-corrected chi connectivity index (χ2v) is 8.71. The van der Waals surface area contributed by atoms with Gasteiger partial charge in [0.25, 0.3) is 0 Å². The van der Waals surface area contributed by atoms with Gasteiger partial charge in [0, 0.05) is 12.6 Å². The van der Waals surface area contributed by atoms with Crippen LogP contribution < -0.4 is 0 Å². The Morgan fingerprint density at radius 2 is 1.86 bits per heavy atom. The molecular weight excluding hydrogens is 352 g/mol. The molecule has 1 aromatic carbocycles. The van der Waals surface area contributed by atoms with E-state index in [1.54, 1.807) is 11.8 Å². The molecular formula is C23H34N2O3. The molecule has 0 unspecified atom stereocenters. The van der Waals surface area contributed by atoms with Crippen molar-refractivity contribution in [3.63, 3.8) is 0 Å². The van der Waals surface area contributed by atoms with Gasteiger partial charge in [0.05, 0.1) is 13.2 Å². The zero-order valence-corrected chi connectivity index (χ0v) is 17.6. The van der Waals surface area contributed by atoms with Crippen molar-refractivity contribution in [3.8, 4) is 0 Å². The molecule has 2 heterocycles. The van der Waals surface area contributed by atoms with Crippen LogP contribution in [-0.4, -0.2) is 60.0 Å². The van der Waals surface area contributed by atoms with Gasteiger partial charge in [-0.25, -0.2) is 4.79 Å². The first-order valence-electron chi connectivity index (χ1n) is 10.6. The Balaban J connectivity index is 1.83. The molecule has 4 atom stereocenters. The molecule has 2 fully saturated rings. The van der Waals surface area contributed by atoms with Crippen LogP contribution in [0.1, 0.15) is 45.6 Å². The van der Waals surface area contributed by atoms with Gasteiger partial charge in [-0.1, -0.05) is 44.2 Å². The van der Waals surface area contributed by atoms with Crippen molar-refractivity contribution in [2.24, 2.45) is 11.8 Å². The topological polar surface area (TPSA) is 49.9 Å². The molecule has 5 heteroatoms. The van der Waals surface area contributed by atoms with Crippen LogP contribution in [0.4, 0.5) is 0 Å². The maximum atomic E-state index is 13.4. The number of nitrogens with zero attached hydrogens (tertiary/aromatic N) is 2. The second kappa shape index (κ2) is 9.08. The van der Waals surface area contributed by atoms with E-state index in [1.807, 2.05) is 0 Å². The van der Waals surface area contributed by atoms with Crippen molar-refractivity contribution in [2.75, 3.05) is 20.2 Å². The fraction of sp³-hybridized carbons (Fsp3) is 0.652. The second-order valence-electron chi connectivity index (χ2n) is 8.71. The fourth-order valence-corrected chi connectivity index (χ4v) is 4.97. The largest absolute Gasteiger partial charge is 0.467 e. The van der Waals surface area contributed by atoms with Crippen molar-refractivity contribution < 1.29 is 14.3 Å². The van der Waals surface area contributed by atoms with Crippen molar-refractivity contribution >= 4 is 11.9 Å². The van der Waals surface area contributed by atoms with Crippen LogP contribution in [0.25, 0.3) is 0 Å². The summed E-state index contributed by atoms with van der Waals surface area (Å²) in [5, 5.41) is 0. The Morgan fingerprint density at radius 1 is 1.14 bits per heavy atom. The van der Waals surface area contributed by atoms with E-state index in [0.29, 0.717) is 24.4 Å². The summed E-state index contributed by atoms with van der Waals surface area (Å²) in [5.41, 5.74) is 1.37. The first-order chi connectivity index (χ1) is 13.4. The molecule has 0 bridgehead atoms. The summed E-state index contributed by atoms with van der Waals surface area (Å²) in [5.74, 6) is 0.739. The molecule has 0 saturated carbocycles. The predicted octanol–water partition coefficient (Wildman–Crippen LogP) is 3.13. The number of carbonyl (C=O) groups excluding carboxylic acids is 2. The molecule has 154 valence electrons. The lowest BCUT2D eigenvalue weighted by Crippen LogP contribution is -2.51.